The number of rotatable bonds is 2. The van der Waals surface area contributed by atoms with Gasteiger partial charge in [0.1, 0.15) is 0 Å². The third kappa shape index (κ3) is 4.83. The highest BCUT2D eigenvalue weighted by atomic mass is 16.5. The molecule has 4 heteroatoms. The van der Waals surface area contributed by atoms with Crippen LogP contribution in [-0.4, -0.2) is 19.4 Å². The van der Waals surface area contributed by atoms with Crippen LogP contribution in [0, 0.1) is 0 Å². The first kappa shape index (κ1) is 8.68. The molecule has 0 saturated carbocycles. The summed E-state index contributed by atoms with van der Waals surface area (Å²) in [5.41, 5.74) is 2.12. The minimum Gasteiger partial charge on any atom is -0.452 e. The van der Waals surface area contributed by atoms with Gasteiger partial charge in [0.15, 0.2) is 0 Å². The zero-order chi connectivity index (χ0) is 7.82. The SMILES string of the molecule is C/C=C/C=N/NC(=O)OC. The van der Waals surface area contributed by atoms with Crippen LogP contribution in [0.4, 0.5) is 4.79 Å². The lowest BCUT2D eigenvalue weighted by Gasteiger charge is -1.92. The van der Waals surface area contributed by atoms with Crippen molar-refractivity contribution in [3.05, 3.63) is 12.2 Å². The summed E-state index contributed by atoms with van der Waals surface area (Å²) in [5, 5.41) is 3.50. The van der Waals surface area contributed by atoms with Crippen molar-refractivity contribution >= 4 is 12.3 Å². The molecule has 0 spiro atoms. The molecule has 4 nitrogen and oxygen atoms in total. The Labute approximate surface area is 59.6 Å². The number of nitrogens with one attached hydrogen (secondary N) is 1. The van der Waals surface area contributed by atoms with E-state index >= 15 is 0 Å². The van der Waals surface area contributed by atoms with Crippen molar-refractivity contribution in [3.63, 3.8) is 0 Å². The number of allylic oxidation sites excluding steroid dienone is 2. The Morgan fingerprint density at radius 1 is 1.70 bits per heavy atom. The van der Waals surface area contributed by atoms with E-state index in [9.17, 15) is 4.79 Å². The van der Waals surface area contributed by atoms with Gasteiger partial charge in [-0.05, 0) is 13.0 Å². The second kappa shape index (κ2) is 5.81. The van der Waals surface area contributed by atoms with Crippen molar-refractivity contribution in [3.8, 4) is 0 Å². The fourth-order valence-corrected chi connectivity index (χ4v) is 0.265. The van der Waals surface area contributed by atoms with Gasteiger partial charge in [0.25, 0.3) is 0 Å². The highest BCUT2D eigenvalue weighted by molar-refractivity contribution is 5.73. The molecule has 0 radical (unpaired) electrons. The van der Waals surface area contributed by atoms with Crippen molar-refractivity contribution in [2.45, 2.75) is 6.92 Å². The third-order valence-corrected chi connectivity index (χ3v) is 0.694. The molecule has 0 aliphatic carbocycles. The standard InChI is InChI=1S/C6H10N2O2/c1-3-4-5-7-8-6(9)10-2/h3-5H,1-2H3,(H,8,9)/b4-3+,7-5+. The summed E-state index contributed by atoms with van der Waals surface area (Å²) in [6.45, 7) is 1.85. The molecule has 0 aliphatic rings. The van der Waals surface area contributed by atoms with Crippen LogP contribution in [0.1, 0.15) is 6.92 Å². The Kier molecular flexibility index (Phi) is 5.04. The molecule has 0 fully saturated rings. The molecule has 0 bridgehead atoms. The van der Waals surface area contributed by atoms with Crippen molar-refractivity contribution < 1.29 is 9.53 Å². The Bertz CT molecular complexity index is 152. The average molecular weight is 142 g/mol. The number of amides is 1. The van der Waals surface area contributed by atoms with Gasteiger partial charge in [-0.2, -0.15) is 5.10 Å². The predicted octanol–water partition coefficient (Wildman–Crippen LogP) is 0.904. The first-order valence-corrected chi connectivity index (χ1v) is 2.79. The van der Waals surface area contributed by atoms with Crippen molar-refractivity contribution in [2.24, 2.45) is 5.10 Å². The van der Waals surface area contributed by atoms with Gasteiger partial charge in [-0.1, -0.05) is 6.08 Å². The number of methoxy groups -OCH3 is 1. The van der Waals surface area contributed by atoms with Crippen molar-refractivity contribution in [2.75, 3.05) is 7.11 Å². The van der Waals surface area contributed by atoms with E-state index in [-0.39, 0.29) is 0 Å². The van der Waals surface area contributed by atoms with Gasteiger partial charge >= 0.3 is 6.09 Å². The predicted molar refractivity (Wildman–Crippen MR) is 38.8 cm³/mol. The quantitative estimate of drug-likeness (QED) is 0.460. The Hall–Kier alpha value is -1.32. The van der Waals surface area contributed by atoms with Crippen LogP contribution in [0.15, 0.2) is 17.3 Å². The van der Waals surface area contributed by atoms with E-state index in [1.165, 1.54) is 13.3 Å². The number of nitrogens with zero attached hydrogens (tertiary/aromatic N) is 1. The summed E-state index contributed by atoms with van der Waals surface area (Å²) >= 11 is 0. The van der Waals surface area contributed by atoms with E-state index in [2.05, 4.69) is 15.3 Å². The van der Waals surface area contributed by atoms with E-state index in [4.69, 9.17) is 0 Å². The van der Waals surface area contributed by atoms with Gasteiger partial charge in [-0.3, -0.25) is 0 Å². The van der Waals surface area contributed by atoms with E-state index < -0.39 is 6.09 Å². The first-order valence-electron chi connectivity index (χ1n) is 2.79. The first-order chi connectivity index (χ1) is 4.81. The highest BCUT2D eigenvalue weighted by Crippen LogP contribution is 1.69. The molecule has 0 aromatic carbocycles. The average Bonchev–Trinajstić information content (AvgIpc) is 1.98. The Balaban J connectivity index is 3.43. The van der Waals surface area contributed by atoms with Crippen LogP contribution in [-0.2, 0) is 4.74 Å². The normalized spacial score (nSPS) is 10.6. The molecule has 1 N–H and O–H groups in total. The second-order valence-corrected chi connectivity index (χ2v) is 1.41. The lowest BCUT2D eigenvalue weighted by atomic mass is 10.6. The van der Waals surface area contributed by atoms with Crippen LogP contribution in [0.3, 0.4) is 0 Å². The van der Waals surface area contributed by atoms with Gasteiger partial charge in [-0.15, -0.1) is 0 Å². The maximum Gasteiger partial charge on any atom is 0.427 e. The summed E-state index contributed by atoms with van der Waals surface area (Å²) in [6, 6.07) is 0. The molecule has 0 aromatic heterocycles. The summed E-state index contributed by atoms with van der Waals surface area (Å²) in [5.74, 6) is 0. The number of hydrogen-bond donors (Lipinski definition) is 1. The third-order valence-electron chi connectivity index (χ3n) is 0.694. The van der Waals surface area contributed by atoms with E-state index in [1.54, 1.807) is 12.2 Å². The molecule has 0 unspecified atom stereocenters. The Morgan fingerprint density at radius 2 is 2.40 bits per heavy atom. The van der Waals surface area contributed by atoms with Crippen LogP contribution in [0.5, 0.6) is 0 Å². The molecule has 10 heavy (non-hydrogen) atoms. The number of hydrazone groups is 1. The minimum absolute atomic E-state index is 0.569. The molecule has 1 amide bonds. The molecule has 56 valence electrons. The molecular formula is C6H10N2O2. The van der Waals surface area contributed by atoms with Gasteiger partial charge in [0, 0.05) is 6.21 Å². The largest absolute Gasteiger partial charge is 0.452 e. The molecule has 0 rings (SSSR count). The number of carbonyl (C=O) groups excluding carboxylic acids is 1. The summed E-state index contributed by atoms with van der Waals surface area (Å²) < 4.78 is 4.24. The van der Waals surface area contributed by atoms with Gasteiger partial charge in [0.05, 0.1) is 7.11 Å². The summed E-state index contributed by atoms with van der Waals surface area (Å²) in [7, 11) is 1.28. The fourth-order valence-electron chi connectivity index (χ4n) is 0.265. The fraction of sp³-hybridized carbons (Fsp3) is 0.333. The van der Waals surface area contributed by atoms with Crippen LogP contribution in [0.25, 0.3) is 0 Å². The lowest BCUT2D eigenvalue weighted by molar-refractivity contribution is 0.171. The zero-order valence-electron chi connectivity index (χ0n) is 6.00. The summed E-state index contributed by atoms with van der Waals surface area (Å²) in [4.78, 5) is 10.3. The monoisotopic (exact) mass is 142 g/mol. The van der Waals surface area contributed by atoms with E-state index in [1.807, 2.05) is 6.92 Å². The molecule has 0 aliphatic heterocycles. The van der Waals surface area contributed by atoms with Crippen LogP contribution in [0.2, 0.25) is 0 Å². The highest BCUT2D eigenvalue weighted by Gasteiger charge is 1.89. The molecule has 0 atom stereocenters. The maximum atomic E-state index is 10.3. The molecule has 0 saturated heterocycles. The topological polar surface area (TPSA) is 50.7 Å². The van der Waals surface area contributed by atoms with Crippen molar-refractivity contribution in [1.82, 2.24) is 5.43 Å². The second-order valence-electron chi connectivity index (χ2n) is 1.41. The van der Waals surface area contributed by atoms with E-state index in [0.717, 1.165) is 0 Å². The van der Waals surface area contributed by atoms with Crippen LogP contribution >= 0.6 is 0 Å². The summed E-state index contributed by atoms with van der Waals surface area (Å²) in [6.07, 6.45) is 4.37. The molecule has 0 aromatic rings. The molecular weight excluding hydrogens is 132 g/mol. The van der Waals surface area contributed by atoms with Gasteiger partial charge in [0.2, 0.25) is 0 Å². The minimum atomic E-state index is -0.569. The maximum absolute atomic E-state index is 10.3. The van der Waals surface area contributed by atoms with E-state index in [0.29, 0.717) is 0 Å². The molecule has 0 heterocycles. The smallest absolute Gasteiger partial charge is 0.427 e. The lowest BCUT2D eigenvalue weighted by Crippen LogP contribution is -2.16. The number of ether oxygens (including phenoxy) is 1. The number of hydrogen-bond acceptors (Lipinski definition) is 3. The Morgan fingerprint density at radius 3 is 2.90 bits per heavy atom. The van der Waals surface area contributed by atoms with Gasteiger partial charge < -0.3 is 4.74 Å². The van der Waals surface area contributed by atoms with Crippen LogP contribution < -0.4 is 5.43 Å². The zero-order valence-corrected chi connectivity index (χ0v) is 6.00. The van der Waals surface area contributed by atoms with Crippen molar-refractivity contribution in [1.29, 1.82) is 0 Å². The number of carbonyl (C=O) groups is 1. The van der Waals surface area contributed by atoms with Gasteiger partial charge in [-0.25, -0.2) is 10.2 Å².